The van der Waals surface area contributed by atoms with E-state index in [0.717, 1.165) is 29.8 Å². The van der Waals surface area contributed by atoms with E-state index in [0.29, 0.717) is 28.9 Å². The molecule has 2 N–H and O–H groups in total. The molecule has 5 rings (SSSR count). The number of nitrogens with one attached hydrogen (secondary N) is 2. The topological polar surface area (TPSA) is 96.7 Å². The quantitative estimate of drug-likeness (QED) is 0.513. The van der Waals surface area contributed by atoms with Crippen LogP contribution in [0.1, 0.15) is 24.2 Å². The van der Waals surface area contributed by atoms with Gasteiger partial charge < -0.3 is 24.7 Å². The lowest BCUT2D eigenvalue weighted by atomic mass is 10.0. The first kappa shape index (κ1) is 20.2. The molecule has 1 aliphatic rings. The molecule has 2 atom stereocenters. The van der Waals surface area contributed by atoms with Crippen LogP contribution in [0.5, 0.6) is 6.01 Å². The number of methoxy groups -OCH3 is 1. The highest BCUT2D eigenvalue weighted by atomic mass is 16.5. The Morgan fingerprint density at radius 3 is 2.75 bits per heavy atom. The number of hydrogen-bond acceptors (Lipinski definition) is 7. The smallest absolute Gasteiger partial charge is 0.316 e. The van der Waals surface area contributed by atoms with Gasteiger partial charge in [0, 0.05) is 61.0 Å². The minimum Gasteiger partial charge on any atom is -0.467 e. The van der Waals surface area contributed by atoms with Crippen LogP contribution in [0.3, 0.4) is 0 Å². The average molecular weight is 432 g/mol. The first-order chi connectivity index (χ1) is 15.5. The number of nitrogens with zero attached hydrogens (tertiary/aromatic N) is 5. The van der Waals surface area contributed by atoms with Crippen molar-refractivity contribution in [3.8, 4) is 6.01 Å². The lowest BCUT2D eigenvalue weighted by Gasteiger charge is -2.38. The predicted octanol–water partition coefficient (Wildman–Crippen LogP) is 2.73. The zero-order chi connectivity index (χ0) is 22.2. The summed E-state index contributed by atoms with van der Waals surface area (Å²) in [7, 11) is 1.52. The van der Waals surface area contributed by atoms with E-state index in [2.05, 4.69) is 44.3 Å². The summed E-state index contributed by atoms with van der Waals surface area (Å²) in [6.07, 6.45) is 7.12. The average Bonchev–Trinajstić information content (AvgIpc) is 3.25. The summed E-state index contributed by atoms with van der Waals surface area (Å²) in [5, 5.41) is 7.34. The van der Waals surface area contributed by atoms with E-state index in [9.17, 15) is 4.79 Å². The maximum atomic E-state index is 13.2. The summed E-state index contributed by atoms with van der Waals surface area (Å²) in [6.45, 7) is 6.07. The zero-order valence-electron chi connectivity index (χ0n) is 18.2. The molecule has 9 heteroatoms. The molecular formula is C23H25N7O2. The lowest BCUT2D eigenvalue weighted by molar-refractivity contribution is 0.102. The first-order valence-corrected chi connectivity index (χ1v) is 10.6. The van der Waals surface area contributed by atoms with Gasteiger partial charge in [0.05, 0.1) is 23.9 Å². The summed E-state index contributed by atoms with van der Waals surface area (Å²) < 4.78 is 7.10. The van der Waals surface area contributed by atoms with E-state index >= 15 is 0 Å². The Labute approximate surface area is 185 Å². The number of benzene rings is 1. The predicted molar refractivity (Wildman–Crippen MR) is 124 cm³/mol. The number of pyridine rings is 1. The van der Waals surface area contributed by atoms with Crippen molar-refractivity contribution in [3.05, 3.63) is 54.6 Å². The molecule has 1 amide bonds. The van der Waals surface area contributed by atoms with Gasteiger partial charge in [-0.2, -0.15) is 4.98 Å². The van der Waals surface area contributed by atoms with Crippen molar-refractivity contribution in [1.29, 1.82) is 0 Å². The summed E-state index contributed by atoms with van der Waals surface area (Å²) in [6, 6.07) is 8.43. The molecule has 0 aliphatic carbocycles. The van der Waals surface area contributed by atoms with Crippen LogP contribution in [0, 0.1) is 0 Å². The maximum absolute atomic E-state index is 13.2. The monoisotopic (exact) mass is 431 g/mol. The number of hydrogen-bond donors (Lipinski definition) is 2. The highest BCUT2D eigenvalue weighted by molar-refractivity contribution is 6.13. The van der Waals surface area contributed by atoms with Crippen LogP contribution in [-0.4, -0.2) is 57.5 Å². The zero-order valence-corrected chi connectivity index (χ0v) is 18.2. The summed E-state index contributed by atoms with van der Waals surface area (Å²) in [4.78, 5) is 28.6. The van der Waals surface area contributed by atoms with Gasteiger partial charge in [-0.05, 0) is 38.1 Å². The third kappa shape index (κ3) is 3.71. The van der Waals surface area contributed by atoms with Gasteiger partial charge in [0.15, 0.2) is 0 Å². The normalized spacial score (nSPS) is 18.8. The molecule has 2 unspecified atom stereocenters. The van der Waals surface area contributed by atoms with Crippen LogP contribution in [-0.2, 0) is 0 Å². The van der Waals surface area contributed by atoms with Crippen molar-refractivity contribution in [3.63, 3.8) is 0 Å². The minimum atomic E-state index is -0.246. The van der Waals surface area contributed by atoms with Crippen molar-refractivity contribution in [2.45, 2.75) is 25.9 Å². The van der Waals surface area contributed by atoms with Crippen LogP contribution >= 0.6 is 0 Å². The minimum absolute atomic E-state index is 0.227. The van der Waals surface area contributed by atoms with E-state index in [1.807, 2.05) is 41.1 Å². The number of fused-ring (bicyclic) bond motifs is 2. The number of amides is 1. The van der Waals surface area contributed by atoms with Crippen molar-refractivity contribution in [2.24, 2.45) is 0 Å². The molecule has 9 nitrogen and oxygen atoms in total. The van der Waals surface area contributed by atoms with Gasteiger partial charge in [-0.1, -0.05) is 0 Å². The molecule has 0 saturated carbocycles. The first-order valence-electron chi connectivity index (χ1n) is 10.6. The number of rotatable bonds is 4. The number of carbonyl (C=O) groups is 1. The van der Waals surface area contributed by atoms with Gasteiger partial charge in [-0.25, -0.2) is 9.97 Å². The third-order valence-electron chi connectivity index (χ3n) is 5.68. The van der Waals surface area contributed by atoms with E-state index in [4.69, 9.17) is 4.74 Å². The molecule has 32 heavy (non-hydrogen) atoms. The third-order valence-corrected chi connectivity index (χ3v) is 5.68. The van der Waals surface area contributed by atoms with Gasteiger partial charge in [0.2, 0.25) is 0 Å². The van der Waals surface area contributed by atoms with Crippen molar-refractivity contribution in [2.75, 3.05) is 30.4 Å². The Bertz CT molecular complexity index is 1290. The number of carbonyl (C=O) groups excluding carboxylic acids is 1. The lowest BCUT2D eigenvalue weighted by Crippen LogP contribution is -2.54. The molecule has 1 aromatic carbocycles. The maximum Gasteiger partial charge on any atom is 0.316 e. The second-order valence-corrected chi connectivity index (χ2v) is 8.19. The van der Waals surface area contributed by atoms with Crippen molar-refractivity contribution >= 4 is 33.8 Å². The van der Waals surface area contributed by atoms with E-state index in [1.165, 1.54) is 7.11 Å². The second-order valence-electron chi connectivity index (χ2n) is 8.19. The molecule has 0 radical (unpaired) electrons. The Balaban J connectivity index is 1.54. The molecule has 1 fully saturated rings. The Kier molecular flexibility index (Phi) is 5.10. The van der Waals surface area contributed by atoms with E-state index in [-0.39, 0.29) is 11.9 Å². The van der Waals surface area contributed by atoms with Crippen molar-refractivity contribution < 1.29 is 9.53 Å². The summed E-state index contributed by atoms with van der Waals surface area (Å²) in [5.41, 5.74) is 3.53. The molecule has 1 saturated heterocycles. The van der Waals surface area contributed by atoms with Gasteiger partial charge in [0.25, 0.3) is 5.91 Å². The van der Waals surface area contributed by atoms with Crippen LogP contribution in [0.15, 0.2) is 49.1 Å². The van der Waals surface area contributed by atoms with Gasteiger partial charge in [0.1, 0.15) is 5.65 Å². The Morgan fingerprint density at radius 2 is 1.97 bits per heavy atom. The molecule has 0 spiro atoms. The fraction of sp³-hybridized carbons (Fsp3) is 0.304. The second kappa shape index (κ2) is 8.08. The van der Waals surface area contributed by atoms with E-state index in [1.54, 1.807) is 12.4 Å². The number of aromatic nitrogens is 4. The molecule has 0 bridgehead atoms. The Morgan fingerprint density at radius 1 is 1.16 bits per heavy atom. The van der Waals surface area contributed by atoms with Crippen LogP contribution in [0.4, 0.5) is 11.4 Å². The van der Waals surface area contributed by atoms with Crippen LogP contribution in [0.2, 0.25) is 0 Å². The highest BCUT2D eigenvalue weighted by Gasteiger charge is 2.24. The fourth-order valence-corrected chi connectivity index (χ4v) is 4.36. The van der Waals surface area contributed by atoms with E-state index < -0.39 is 0 Å². The molecule has 1 aliphatic heterocycles. The number of ether oxygens (including phenoxy) is 1. The van der Waals surface area contributed by atoms with Crippen molar-refractivity contribution in [1.82, 2.24) is 24.7 Å². The van der Waals surface area contributed by atoms with Gasteiger partial charge in [-0.3, -0.25) is 4.79 Å². The highest BCUT2D eigenvalue weighted by Crippen LogP contribution is 2.31. The Hall–Kier alpha value is -3.72. The summed E-state index contributed by atoms with van der Waals surface area (Å²) in [5.74, 6) is -0.246. The fourth-order valence-electron chi connectivity index (χ4n) is 4.36. The largest absolute Gasteiger partial charge is 0.467 e. The molecule has 4 heterocycles. The molecule has 3 aromatic heterocycles. The van der Waals surface area contributed by atoms with Crippen LogP contribution < -0.4 is 20.3 Å². The molecule has 164 valence electrons. The van der Waals surface area contributed by atoms with Gasteiger partial charge in [-0.15, -0.1) is 0 Å². The van der Waals surface area contributed by atoms with Gasteiger partial charge >= 0.3 is 6.01 Å². The molecular weight excluding hydrogens is 406 g/mol. The SMILES string of the molecule is COc1ncc2c(N3CC(C)NC(C)C3)ccc(C(=O)Nc3ccc4nccn4c3)c2n1. The number of imidazole rings is 1. The summed E-state index contributed by atoms with van der Waals surface area (Å²) >= 11 is 0. The number of anilines is 2. The number of piperazine rings is 1. The standard InChI is InChI=1S/C23H25N7O2/c1-14-11-30(12-15(2)26-14)19-6-5-17(21-18(19)10-25-23(28-21)32-3)22(31)27-16-4-7-20-24-8-9-29(20)13-16/h4-10,13-15,26H,11-12H2,1-3H3,(H,27,31). The van der Waals surface area contributed by atoms with Crippen LogP contribution in [0.25, 0.3) is 16.6 Å². The molecule has 4 aromatic rings.